The highest BCUT2D eigenvalue weighted by Gasteiger charge is 2.51. The van der Waals surface area contributed by atoms with E-state index in [9.17, 15) is 28.8 Å². The summed E-state index contributed by atoms with van der Waals surface area (Å²) in [7, 11) is 0. The van der Waals surface area contributed by atoms with Crippen molar-refractivity contribution in [3.05, 3.63) is 22.7 Å². The number of amides is 2. The molecule has 1 fully saturated rings. The summed E-state index contributed by atoms with van der Waals surface area (Å²) >= 11 is 0. The van der Waals surface area contributed by atoms with Crippen LogP contribution in [0, 0.1) is 0 Å². The first-order chi connectivity index (χ1) is 15.9. The summed E-state index contributed by atoms with van der Waals surface area (Å²) in [6, 6.07) is 0.0993. The van der Waals surface area contributed by atoms with E-state index in [1.54, 1.807) is 0 Å². The van der Waals surface area contributed by atoms with Crippen molar-refractivity contribution in [2.24, 2.45) is 0 Å². The minimum absolute atomic E-state index is 0.0218. The van der Waals surface area contributed by atoms with Gasteiger partial charge in [0.25, 0.3) is 0 Å². The Bertz CT molecular complexity index is 1020. The molecule has 1 saturated heterocycles. The number of carbonyl (C=O) groups excluding carboxylic acids is 5. The zero-order valence-electron chi connectivity index (χ0n) is 19.2. The van der Waals surface area contributed by atoms with E-state index in [-0.39, 0.29) is 5.82 Å². The lowest BCUT2D eigenvalue weighted by Gasteiger charge is -2.45. The van der Waals surface area contributed by atoms with E-state index in [1.165, 1.54) is 26.1 Å². The van der Waals surface area contributed by atoms with Gasteiger partial charge in [-0.05, 0) is 6.07 Å². The van der Waals surface area contributed by atoms with E-state index in [0.717, 1.165) is 25.3 Å². The van der Waals surface area contributed by atoms with Crippen molar-refractivity contribution in [1.82, 2.24) is 14.9 Å². The average molecular weight is 482 g/mol. The Labute approximate surface area is 193 Å². The first-order valence-electron chi connectivity index (χ1n) is 10.2. The Morgan fingerprint density at radius 3 is 2.09 bits per heavy atom. The number of esters is 3. The van der Waals surface area contributed by atoms with E-state index in [0.29, 0.717) is 0 Å². The summed E-state index contributed by atoms with van der Waals surface area (Å²) in [6.45, 7) is 5.39. The SMILES string of the molecule is CC(=O)Nc1ccn(C2OC(COC(C)=O)C(OC(C)=O)C(OC(C)=O)C2NC(C)=O)c(=O)n1. The van der Waals surface area contributed by atoms with Crippen LogP contribution in [-0.4, -0.2) is 70.2 Å². The minimum Gasteiger partial charge on any atom is -0.463 e. The Hall–Kier alpha value is -3.81. The summed E-state index contributed by atoms with van der Waals surface area (Å²) in [5.74, 6) is -3.21. The molecule has 0 radical (unpaired) electrons. The van der Waals surface area contributed by atoms with Crippen molar-refractivity contribution < 1.29 is 42.9 Å². The monoisotopic (exact) mass is 482 g/mol. The molecule has 0 saturated carbocycles. The van der Waals surface area contributed by atoms with Crippen LogP contribution in [0.15, 0.2) is 17.1 Å². The van der Waals surface area contributed by atoms with E-state index in [4.69, 9.17) is 18.9 Å². The molecule has 1 aliphatic rings. The lowest BCUT2D eigenvalue weighted by Crippen LogP contribution is -2.65. The van der Waals surface area contributed by atoms with Crippen LogP contribution in [0.5, 0.6) is 0 Å². The lowest BCUT2D eigenvalue weighted by atomic mass is 9.95. The van der Waals surface area contributed by atoms with Crippen LogP contribution in [0.1, 0.15) is 40.8 Å². The van der Waals surface area contributed by atoms with Gasteiger partial charge in [0.1, 0.15) is 24.6 Å². The summed E-state index contributed by atoms with van der Waals surface area (Å²) in [5, 5.41) is 4.92. The molecule has 186 valence electrons. The van der Waals surface area contributed by atoms with Crippen LogP contribution in [0.2, 0.25) is 0 Å². The van der Waals surface area contributed by atoms with Crippen molar-refractivity contribution in [3.8, 4) is 0 Å². The molecule has 0 spiro atoms. The second-order valence-corrected chi connectivity index (χ2v) is 7.43. The van der Waals surface area contributed by atoms with E-state index in [1.807, 2.05) is 0 Å². The maximum atomic E-state index is 12.7. The molecule has 0 aromatic carbocycles. The number of anilines is 1. The van der Waals surface area contributed by atoms with Crippen molar-refractivity contribution >= 4 is 35.5 Å². The fraction of sp³-hybridized carbons (Fsp3) is 0.550. The smallest absolute Gasteiger partial charge is 0.351 e. The first-order valence-corrected chi connectivity index (χ1v) is 10.2. The number of hydrogen-bond acceptors (Lipinski definition) is 11. The normalized spacial score (nSPS) is 23.9. The molecule has 5 atom stereocenters. The van der Waals surface area contributed by atoms with E-state index in [2.05, 4.69) is 15.6 Å². The van der Waals surface area contributed by atoms with Crippen molar-refractivity contribution in [2.45, 2.75) is 65.2 Å². The summed E-state index contributed by atoms with van der Waals surface area (Å²) < 4.78 is 22.6. The van der Waals surface area contributed by atoms with Crippen LogP contribution in [-0.2, 0) is 42.9 Å². The highest BCUT2D eigenvalue weighted by Crippen LogP contribution is 2.32. The zero-order valence-corrected chi connectivity index (χ0v) is 19.2. The Kier molecular flexibility index (Phi) is 8.83. The molecule has 0 aliphatic carbocycles. The van der Waals surface area contributed by atoms with Gasteiger partial charge >= 0.3 is 23.6 Å². The van der Waals surface area contributed by atoms with Crippen LogP contribution in [0.25, 0.3) is 0 Å². The lowest BCUT2D eigenvalue weighted by molar-refractivity contribution is -0.238. The number of hydrogen-bond donors (Lipinski definition) is 2. The molecule has 0 bridgehead atoms. The Morgan fingerprint density at radius 2 is 1.59 bits per heavy atom. The molecule has 2 amide bonds. The number of carbonyl (C=O) groups is 5. The molecule has 14 heteroatoms. The van der Waals surface area contributed by atoms with Gasteiger partial charge in [-0.15, -0.1) is 0 Å². The number of nitrogens with one attached hydrogen (secondary N) is 2. The standard InChI is InChI=1S/C20H26N4O10/c1-9(25)21-15-6-7-24(20(30)23-15)19-16(22-10(2)26)18(33-13(5)29)17(32-12(4)28)14(34-19)8-31-11(3)27/h6-7,14,16-19H,8H2,1-5H3,(H,22,26)(H,21,23,25,30). The maximum Gasteiger partial charge on any atom is 0.351 e. The number of rotatable bonds is 7. The van der Waals surface area contributed by atoms with Gasteiger partial charge < -0.3 is 29.6 Å². The largest absolute Gasteiger partial charge is 0.463 e. The molecular formula is C20H26N4O10. The molecule has 34 heavy (non-hydrogen) atoms. The summed E-state index contributed by atoms with van der Waals surface area (Å²) in [4.78, 5) is 74.8. The topological polar surface area (TPSA) is 181 Å². The zero-order chi connectivity index (χ0) is 25.6. The van der Waals surface area contributed by atoms with Gasteiger partial charge in [-0.3, -0.25) is 28.5 Å². The van der Waals surface area contributed by atoms with Gasteiger partial charge in [0.15, 0.2) is 18.4 Å². The van der Waals surface area contributed by atoms with Crippen molar-refractivity contribution in [3.63, 3.8) is 0 Å². The Balaban J connectivity index is 2.59. The highest BCUT2D eigenvalue weighted by molar-refractivity contribution is 5.87. The third kappa shape index (κ3) is 7.10. The maximum absolute atomic E-state index is 12.7. The second kappa shape index (κ2) is 11.4. The van der Waals surface area contributed by atoms with Crippen LogP contribution in [0.3, 0.4) is 0 Å². The molecule has 1 aromatic heterocycles. The molecule has 5 unspecified atom stereocenters. The highest BCUT2D eigenvalue weighted by atomic mass is 16.6. The van der Waals surface area contributed by atoms with Gasteiger partial charge in [-0.2, -0.15) is 4.98 Å². The third-order valence-electron chi connectivity index (χ3n) is 4.50. The molecule has 2 N–H and O–H groups in total. The predicted molar refractivity (Wildman–Crippen MR) is 112 cm³/mol. The van der Waals surface area contributed by atoms with Gasteiger partial charge in [0.05, 0.1) is 0 Å². The Morgan fingerprint density at radius 1 is 0.971 bits per heavy atom. The third-order valence-corrected chi connectivity index (χ3v) is 4.50. The number of ether oxygens (including phenoxy) is 4. The quantitative estimate of drug-likeness (QED) is 0.360. The fourth-order valence-electron chi connectivity index (χ4n) is 3.40. The molecule has 14 nitrogen and oxygen atoms in total. The van der Waals surface area contributed by atoms with Gasteiger partial charge in [0, 0.05) is 40.8 Å². The van der Waals surface area contributed by atoms with E-state index >= 15 is 0 Å². The van der Waals surface area contributed by atoms with Crippen molar-refractivity contribution in [1.29, 1.82) is 0 Å². The minimum atomic E-state index is -1.33. The summed E-state index contributed by atoms with van der Waals surface area (Å²) in [6.07, 6.45) is -3.89. The molecule has 1 aliphatic heterocycles. The fourth-order valence-corrected chi connectivity index (χ4v) is 3.40. The van der Waals surface area contributed by atoms with Crippen LogP contribution >= 0.6 is 0 Å². The average Bonchev–Trinajstić information content (AvgIpc) is 2.68. The van der Waals surface area contributed by atoms with Crippen LogP contribution < -0.4 is 16.3 Å². The molecule has 1 aromatic rings. The molecular weight excluding hydrogens is 456 g/mol. The predicted octanol–water partition coefficient (Wildman–Crippen LogP) is -0.970. The van der Waals surface area contributed by atoms with Crippen LogP contribution in [0.4, 0.5) is 5.82 Å². The number of nitrogens with zero attached hydrogens (tertiary/aromatic N) is 2. The number of aromatic nitrogens is 2. The van der Waals surface area contributed by atoms with Gasteiger partial charge in [-0.25, -0.2) is 4.79 Å². The second-order valence-electron chi connectivity index (χ2n) is 7.43. The summed E-state index contributed by atoms with van der Waals surface area (Å²) in [5.41, 5.74) is -0.870. The molecule has 2 rings (SSSR count). The first kappa shape index (κ1) is 26.4. The molecule has 2 heterocycles. The van der Waals surface area contributed by atoms with Gasteiger partial charge in [0.2, 0.25) is 11.8 Å². The van der Waals surface area contributed by atoms with Crippen molar-refractivity contribution in [2.75, 3.05) is 11.9 Å². The van der Waals surface area contributed by atoms with E-state index < -0.39 is 72.6 Å². The van der Waals surface area contributed by atoms with Gasteiger partial charge in [-0.1, -0.05) is 0 Å².